The number of ether oxygens (including phenoxy) is 1. The van der Waals surface area contributed by atoms with Crippen LogP contribution in [0.4, 0.5) is 0 Å². The summed E-state index contributed by atoms with van der Waals surface area (Å²) in [4.78, 5) is 32.1. The summed E-state index contributed by atoms with van der Waals surface area (Å²) < 4.78 is 5.36. The maximum atomic E-state index is 14.0. The summed E-state index contributed by atoms with van der Waals surface area (Å²) in [6.45, 7) is 10.1. The first-order chi connectivity index (χ1) is 17.6. The zero-order chi connectivity index (χ0) is 25.5. The van der Waals surface area contributed by atoms with E-state index in [0.29, 0.717) is 37.7 Å². The van der Waals surface area contributed by atoms with E-state index in [4.69, 9.17) is 4.74 Å². The van der Waals surface area contributed by atoms with Crippen molar-refractivity contribution in [3.8, 4) is 0 Å². The number of methoxy groups -OCH3 is 1. The fourth-order valence-electron chi connectivity index (χ4n) is 5.72. The molecule has 2 amide bonds. The van der Waals surface area contributed by atoms with E-state index in [1.165, 1.54) is 12.8 Å². The Bertz CT molecular complexity index is 1040. The van der Waals surface area contributed by atoms with Gasteiger partial charge in [-0.1, -0.05) is 74.6 Å². The van der Waals surface area contributed by atoms with E-state index in [0.717, 1.165) is 36.2 Å². The lowest BCUT2D eigenvalue weighted by Gasteiger charge is -2.44. The maximum Gasteiger partial charge on any atom is 0.254 e. The highest BCUT2D eigenvalue weighted by molar-refractivity contribution is 6.05. The summed E-state index contributed by atoms with van der Waals surface area (Å²) in [7, 11) is 1.63. The number of rotatable bonds is 9. The fraction of sp³-hybridized carbons (Fsp3) is 0.467. The largest absolute Gasteiger partial charge is 0.383 e. The van der Waals surface area contributed by atoms with Crippen molar-refractivity contribution in [1.29, 1.82) is 0 Å². The minimum atomic E-state index is -0.556. The third kappa shape index (κ3) is 5.55. The Morgan fingerprint density at radius 1 is 1.22 bits per heavy atom. The van der Waals surface area contributed by atoms with Crippen molar-refractivity contribution in [3.05, 3.63) is 77.9 Å². The zero-order valence-corrected chi connectivity index (χ0v) is 21.6. The van der Waals surface area contributed by atoms with Gasteiger partial charge in [0, 0.05) is 31.8 Å². The first-order valence-corrected chi connectivity index (χ1v) is 13.2. The van der Waals surface area contributed by atoms with E-state index >= 15 is 0 Å². The molecular weight excluding hydrogens is 450 g/mol. The molecule has 2 fully saturated rings. The van der Waals surface area contributed by atoms with E-state index < -0.39 is 12.0 Å². The molecule has 0 aromatic heterocycles. The molecule has 2 aliphatic heterocycles. The first kappa shape index (κ1) is 26.1. The molecule has 1 N–H and O–H groups in total. The van der Waals surface area contributed by atoms with Gasteiger partial charge in [-0.15, -0.1) is 0 Å². The van der Waals surface area contributed by atoms with Gasteiger partial charge in [-0.2, -0.15) is 0 Å². The topological polar surface area (TPSA) is 61.9 Å². The molecule has 1 aromatic carbocycles. The molecule has 3 atom stereocenters. The molecule has 1 aromatic rings. The van der Waals surface area contributed by atoms with Crippen LogP contribution in [-0.4, -0.2) is 73.6 Å². The Kier molecular flexibility index (Phi) is 8.94. The number of hydrogen-bond donors (Lipinski definition) is 1. The normalized spacial score (nSPS) is 24.4. The van der Waals surface area contributed by atoms with Gasteiger partial charge in [-0.05, 0) is 49.1 Å². The first-order valence-electron chi connectivity index (χ1n) is 13.2. The molecule has 0 radical (unpaired) electrons. The van der Waals surface area contributed by atoms with Crippen LogP contribution in [-0.2, 0) is 14.3 Å². The summed E-state index contributed by atoms with van der Waals surface area (Å²) in [5.74, 6) is -0.682. The number of carbonyl (C=O) groups excluding carboxylic acids is 2. The van der Waals surface area contributed by atoms with Crippen molar-refractivity contribution in [3.63, 3.8) is 0 Å². The Labute approximate surface area is 215 Å². The number of likely N-dealkylation sites (N-methyl/N-ethyl adjacent to an activating group) is 1. The molecule has 192 valence electrons. The molecule has 3 unspecified atom stereocenters. The van der Waals surface area contributed by atoms with Crippen LogP contribution in [0.25, 0.3) is 5.57 Å². The van der Waals surface area contributed by atoms with Gasteiger partial charge in [0.25, 0.3) is 5.91 Å². The molecule has 4 rings (SSSR count). The highest BCUT2D eigenvalue weighted by atomic mass is 16.5. The lowest BCUT2D eigenvalue weighted by atomic mass is 9.75. The molecule has 1 aliphatic carbocycles. The second kappa shape index (κ2) is 12.3. The molecular formula is C30H39N3O3. The van der Waals surface area contributed by atoms with Crippen LogP contribution >= 0.6 is 0 Å². The molecule has 0 spiro atoms. The smallest absolute Gasteiger partial charge is 0.254 e. The number of nitrogens with zero attached hydrogens (tertiary/aromatic N) is 2. The van der Waals surface area contributed by atoms with E-state index in [1.54, 1.807) is 12.0 Å². The molecule has 6 nitrogen and oxygen atoms in total. The second-order valence-electron chi connectivity index (χ2n) is 9.73. The van der Waals surface area contributed by atoms with Gasteiger partial charge in [0.1, 0.15) is 0 Å². The summed E-state index contributed by atoms with van der Waals surface area (Å²) in [6.07, 6.45) is 12.0. The lowest BCUT2D eigenvalue weighted by Crippen LogP contribution is -2.57. The van der Waals surface area contributed by atoms with Crippen LogP contribution in [0.15, 0.2) is 72.4 Å². The predicted octanol–water partition coefficient (Wildman–Crippen LogP) is 3.98. The number of hydrogen-bond acceptors (Lipinski definition) is 4. The third-order valence-corrected chi connectivity index (χ3v) is 7.65. The predicted molar refractivity (Wildman–Crippen MR) is 144 cm³/mol. The highest BCUT2D eigenvalue weighted by Gasteiger charge is 2.46. The average molecular weight is 490 g/mol. The number of carbonyl (C=O) groups is 2. The number of benzene rings is 1. The van der Waals surface area contributed by atoms with Crippen LogP contribution in [0.1, 0.15) is 38.2 Å². The van der Waals surface area contributed by atoms with E-state index in [-0.39, 0.29) is 11.8 Å². The number of likely N-dealkylation sites (tertiary alicyclic amines) is 2. The van der Waals surface area contributed by atoms with E-state index in [2.05, 4.69) is 23.7 Å². The average Bonchev–Trinajstić information content (AvgIpc) is 3.17. The molecule has 0 saturated carbocycles. The number of nitrogens with one attached hydrogen (secondary N) is 1. The van der Waals surface area contributed by atoms with Crippen molar-refractivity contribution < 1.29 is 14.3 Å². The SMILES string of the molecule is C=C(c1ccccc1)C1C(C(=O)NCC2CCCCN2CC)C2=CC=CCC=C2C(=O)N1CCOC. The van der Waals surface area contributed by atoms with Gasteiger partial charge in [-0.3, -0.25) is 14.5 Å². The van der Waals surface area contributed by atoms with Crippen LogP contribution in [0.3, 0.4) is 0 Å². The van der Waals surface area contributed by atoms with Gasteiger partial charge in [0.15, 0.2) is 0 Å². The summed E-state index contributed by atoms with van der Waals surface area (Å²) in [5.41, 5.74) is 3.08. The monoisotopic (exact) mass is 489 g/mol. The molecule has 2 saturated heterocycles. The Hall–Kier alpha value is -2.96. The number of allylic oxidation sites excluding steroid dienone is 4. The fourth-order valence-corrected chi connectivity index (χ4v) is 5.72. The van der Waals surface area contributed by atoms with Crippen molar-refractivity contribution in [2.45, 2.75) is 44.7 Å². The van der Waals surface area contributed by atoms with Gasteiger partial charge in [-0.25, -0.2) is 0 Å². The van der Waals surface area contributed by atoms with Crippen LogP contribution in [0.2, 0.25) is 0 Å². The Balaban J connectivity index is 1.70. The Morgan fingerprint density at radius 2 is 2.03 bits per heavy atom. The Morgan fingerprint density at radius 3 is 2.78 bits per heavy atom. The van der Waals surface area contributed by atoms with Gasteiger partial charge in [0.2, 0.25) is 5.91 Å². The maximum absolute atomic E-state index is 14.0. The number of amides is 2. The quantitative estimate of drug-likeness (QED) is 0.570. The van der Waals surface area contributed by atoms with Gasteiger partial charge < -0.3 is 15.0 Å². The van der Waals surface area contributed by atoms with Crippen molar-refractivity contribution in [2.75, 3.05) is 39.9 Å². The molecule has 6 heteroatoms. The summed E-state index contributed by atoms with van der Waals surface area (Å²) in [5, 5.41) is 3.28. The zero-order valence-electron chi connectivity index (χ0n) is 21.6. The lowest BCUT2D eigenvalue weighted by molar-refractivity contribution is -0.134. The van der Waals surface area contributed by atoms with Crippen molar-refractivity contribution in [2.24, 2.45) is 5.92 Å². The third-order valence-electron chi connectivity index (χ3n) is 7.65. The number of fused-ring (bicyclic) bond motifs is 1. The molecule has 3 aliphatic rings. The minimum absolute atomic E-state index is 0.0546. The summed E-state index contributed by atoms with van der Waals surface area (Å²) >= 11 is 0. The van der Waals surface area contributed by atoms with E-state index in [1.807, 2.05) is 54.6 Å². The molecule has 36 heavy (non-hydrogen) atoms. The van der Waals surface area contributed by atoms with Crippen LogP contribution in [0.5, 0.6) is 0 Å². The summed E-state index contributed by atoms with van der Waals surface area (Å²) in [6, 6.07) is 9.70. The highest BCUT2D eigenvalue weighted by Crippen LogP contribution is 2.40. The number of piperidine rings is 2. The second-order valence-corrected chi connectivity index (χ2v) is 9.73. The molecule has 0 bridgehead atoms. The molecule has 2 heterocycles. The van der Waals surface area contributed by atoms with Gasteiger partial charge in [0.05, 0.1) is 18.6 Å². The standard InChI is InChI=1S/C30H39N3O3/c1-4-32-18-12-11-15-24(32)21-31-29(34)27-25-16-9-6-10-17-26(25)30(35)33(19-20-36-3)28(27)22(2)23-13-7-5-8-14-23/h5-9,13-14,16-17,24,27-28H,2,4,10-12,15,18-21H2,1,3H3,(H,31,34). The van der Waals surface area contributed by atoms with Crippen molar-refractivity contribution >= 4 is 17.4 Å². The van der Waals surface area contributed by atoms with E-state index in [9.17, 15) is 9.59 Å². The van der Waals surface area contributed by atoms with Crippen LogP contribution < -0.4 is 5.32 Å². The van der Waals surface area contributed by atoms with Crippen molar-refractivity contribution in [1.82, 2.24) is 15.1 Å². The van der Waals surface area contributed by atoms with Crippen LogP contribution in [0, 0.1) is 5.92 Å². The minimum Gasteiger partial charge on any atom is -0.383 e. The van der Waals surface area contributed by atoms with Gasteiger partial charge >= 0.3 is 0 Å².